The molecule has 0 saturated heterocycles. The summed E-state index contributed by atoms with van der Waals surface area (Å²) in [7, 11) is 0. The average Bonchev–Trinajstić information content (AvgIpc) is 2.80. The Morgan fingerprint density at radius 1 is 0.781 bits per heavy atom. The predicted molar refractivity (Wildman–Crippen MR) is 112 cm³/mol. The van der Waals surface area contributed by atoms with E-state index in [9.17, 15) is 18.3 Å². The summed E-state index contributed by atoms with van der Waals surface area (Å²) in [4.78, 5) is 12.5. The highest BCUT2D eigenvalue weighted by molar-refractivity contribution is 5.63. The van der Waals surface area contributed by atoms with Crippen molar-refractivity contribution in [2.45, 2.75) is 18.4 Å². The van der Waals surface area contributed by atoms with Crippen molar-refractivity contribution in [3.63, 3.8) is 0 Å². The van der Waals surface area contributed by atoms with Crippen LogP contribution in [0.15, 0.2) is 91.6 Å². The summed E-state index contributed by atoms with van der Waals surface area (Å²) in [5.41, 5.74) is 1.68. The van der Waals surface area contributed by atoms with Gasteiger partial charge in [0, 0.05) is 36.1 Å². The maximum atomic E-state index is 12.4. The van der Waals surface area contributed by atoms with E-state index >= 15 is 0 Å². The molecule has 1 atom stereocenters. The highest BCUT2D eigenvalue weighted by Gasteiger charge is 2.34. The number of hydrogen-bond donors (Lipinski definition) is 1. The first-order chi connectivity index (χ1) is 15.3. The molecule has 2 aromatic carbocycles. The van der Waals surface area contributed by atoms with Crippen LogP contribution in [0.3, 0.4) is 0 Å². The van der Waals surface area contributed by atoms with Crippen LogP contribution in [-0.4, -0.2) is 26.4 Å². The van der Waals surface area contributed by atoms with Crippen molar-refractivity contribution >= 4 is 0 Å². The number of nitrogens with zero attached hydrogens (tertiary/aromatic N) is 3. The van der Waals surface area contributed by atoms with E-state index in [-0.39, 0.29) is 12.2 Å². The van der Waals surface area contributed by atoms with Gasteiger partial charge in [0.1, 0.15) is 17.7 Å². The molecule has 0 amide bonds. The van der Waals surface area contributed by atoms with Gasteiger partial charge in [0.05, 0.1) is 5.69 Å². The highest BCUT2D eigenvalue weighted by Crippen LogP contribution is 2.33. The summed E-state index contributed by atoms with van der Waals surface area (Å²) >= 11 is 0. The number of benzene rings is 2. The fraction of sp³-hybridized carbons (Fsp3) is 0.125. The zero-order valence-corrected chi connectivity index (χ0v) is 16.7. The van der Waals surface area contributed by atoms with E-state index in [0.717, 1.165) is 5.56 Å². The third kappa shape index (κ3) is 4.92. The van der Waals surface area contributed by atoms with E-state index in [4.69, 9.17) is 0 Å². The van der Waals surface area contributed by atoms with Crippen molar-refractivity contribution < 1.29 is 23.0 Å². The van der Waals surface area contributed by atoms with Crippen LogP contribution in [0.5, 0.6) is 5.75 Å². The number of halogens is 3. The van der Waals surface area contributed by atoms with Crippen molar-refractivity contribution in [3.05, 3.63) is 108 Å². The Morgan fingerprint density at radius 2 is 1.44 bits per heavy atom. The molecule has 162 valence electrons. The first kappa shape index (κ1) is 21.5. The zero-order chi connectivity index (χ0) is 22.6. The number of ether oxygens (including phenoxy) is 1. The maximum absolute atomic E-state index is 12.4. The second-order valence-electron chi connectivity index (χ2n) is 7.15. The van der Waals surface area contributed by atoms with Crippen LogP contribution in [0.4, 0.5) is 13.2 Å². The van der Waals surface area contributed by atoms with Gasteiger partial charge in [-0.05, 0) is 29.3 Å². The van der Waals surface area contributed by atoms with Gasteiger partial charge in [-0.15, -0.1) is 13.2 Å². The fourth-order valence-electron chi connectivity index (χ4n) is 3.40. The Hall–Kier alpha value is -3.78. The van der Waals surface area contributed by atoms with Gasteiger partial charge in [-0.2, -0.15) is 0 Å². The molecule has 0 radical (unpaired) electrons. The quantitative estimate of drug-likeness (QED) is 0.464. The number of aliphatic hydroxyl groups is 1. The van der Waals surface area contributed by atoms with Crippen molar-refractivity contribution in [3.8, 4) is 16.9 Å². The summed E-state index contributed by atoms with van der Waals surface area (Å²) in [6.07, 6.45) is 1.56. The van der Waals surface area contributed by atoms with Crippen molar-refractivity contribution in [2.75, 3.05) is 0 Å². The molecule has 0 fully saturated rings. The van der Waals surface area contributed by atoms with Crippen molar-refractivity contribution in [1.29, 1.82) is 0 Å². The molecule has 4 rings (SSSR count). The standard InChI is InChI=1S/C24H18F3N3O2/c25-24(26,27)32-21-9-6-18(7-10-21)19-8-11-22(30-13-19)23(31,20-14-28-16-29-15-20)12-17-4-2-1-3-5-17/h1-11,13-16,31H,12H2. The van der Waals surface area contributed by atoms with Gasteiger partial charge < -0.3 is 9.84 Å². The lowest BCUT2D eigenvalue weighted by Gasteiger charge is -2.28. The minimum Gasteiger partial charge on any atom is -0.406 e. The Bertz CT molecular complexity index is 1150. The summed E-state index contributed by atoms with van der Waals surface area (Å²) in [6.45, 7) is 0. The van der Waals surface area contributed by atoms with E-state index in [2.05, 4.69) is 19.7 Å². The van der Waals surface area contributed by atoms with Gasteiger partial charge in [0.25, 0.3) is 0 Å². The van der Waals surface area contributed by atoms with Crippen LogP contribution < -0.4 is 4.74 Å². The largest absolute Gasteiger partial charge is 0.573 e. The Balaban J connectivity index is 1.64. The fourth-order valence-corrected chi connectivity index (χ4v) is 3.40. The second kappa shape index (κ2) is 8.76. The van der Waals surface area contributed by atoms with Gasteiger partial charge >= 0.3 is 6.36 Å². The van der Waals surface area contributed by atoms with Gasteiger partial charge in [-0.3, -0.25) is 4.98 Å². The molecular formula is C24H18F3N3O2. The van der Waals surface area contributed by atoms with Crippen LogP contribution in [0, 0.1) is 0 Å². The topological polar surface area (TPSA) is 68.1 Å². The summed E-state index contributed by atoms with van der Waals surface area (Å²) in [6, 6.07) is 18.4. The normalized spacial score (nSPS) is 13.4. The molecule has 0 bridgehead atoms. The molecule has 0 aliphatic heterocycles. The SMILES string of the molecule is OC(Cc1ccccc1)(c1cncnc1)c1ccc(-c2ccc(OC(F)(F)F)cc2)cn1. The van der Waals surface area contributed by atoms with Crippen LogP contribution >= 0.6 is 0 Å². The summed E-state index contributed by atoms with van der Waals surface area (Å²) < 4.78 is 41.0. The molecule has 2 heterocycles. The van der Waals surface area contributed by atoms with E-state index in [1.807, 2.05) is 30.3 Å². The monoisotopic (exact) mass is 437 g/mol. The number of aromatic nitrogens is 3. The van der Waals surface area contributed by atoms with Crippen LogP contribution in [-0.2, 0) is 12.0 Å². The van der Waals surface area contributed by atoms with Gasteiger partial charge in [-0.1, -0.05) is 48.5 Å². The van der Waals surface area contributed by atoms with E-state index in [1.165, 1.54) is 30.6 Å². The van der Waals surface area contributed by atoms with Gasteiger partial charge in [0.15, 0.2) is 0 Å². The molecule has 0 spiro atoms. The molecule has 0 aliphatic rings. The second-order valence-corrected chi connectivity index (χ2v) is 7.15. The Morgan fingerprint density at radius 3 is 2.03 bits per heavy atom. The van der Waals surface area contributed by atoms with Gasteiger partial charge in [-0.25, -0.2) is 9.97 Å². The molecule has 1 N–H and O–H groups in total. The lowest BCUT2D eigenvalue weighted by molar-refractivity contribution is -0.274. The third-order valence-electron chi connectivity index (χ3n) is 4.95. The molecule has 1 unspecified atom stereocenters. The molecular weight excluding hydrogens is 419 g/mol. The Kier molecular flexibility index (Phi) is 5.87. The third-order valence-corrected chi connectivity index (χ3v) is 4.95. The van der Waals surface area contributed by atoms with E-state index in [0.29, 0.717) is 22.4 Å². The zero-order valence-electron chi connectivity index (χ0n) is 16.7. The van der Waals surface area contributed by atoms with E-state index < -0.39 is 12.0 Å². The smallest absolute Gasteiger partial charge is 0.406 e. The molecule has 0 saturated carbocycles. The first-order valence-electron chi connectivity index (χ1n) is 9.68. The average molecular weight is 437 g/mol. The maximum Gasteiger partial charge on any atom is 0.573 e. The lowest BCUT2D eigenvalue weighted by Crippen LogP contribution is -2.31. The lowest BCUT2D eigenvalue weighted by atomic mass is 9.85. The highest BCUT2D eigenvalue weighted by atomic mass is 19.4. The molecule has 4 aromatic rings. The molecule has 2 aromatic heterocycles. The van der Waals surface area contributed by atoms with Crippen LogP contribution in [0.2, 0.25) is 0 Å². The van der Waals surface area contributed by atoms with E-state index in [1.54, 1.807) is 30.7 Å². The summed E-state index contributed by atoms with van der Waals surface area (Å²) in [5, 5.41) is 11.6. The number of hydrogen-bond acceptors (Lipinski definition) is 5. The van der Waals surface area contributed by atoms with Crippen molar-refractivity contribution in [1.82, 2.24) is 15.0 Å². The van der Waals surface area contributed by atoms with Crippen LogP contribution in [0.25, 0.3) is 11.1 Å². The van der Waals surface area contributed by atoms with Crippen molar-refractivity contribution in [2.24, 2.45) is 0 Å². The van der Waals surface area contributed by atoms with Gasteiger partial charge in [0.2, 0.25) is 0 Å². The molecule has 0 aliphatic carbocycles. The minimum atomic E-state index is -4.74. The molecule has 8 heteroatoms. The summed E-state index contributed by atoms with van der Waals surface area (Å²) in [5.74, 6) is -0.299. The first-order valence-corrected chi connectivity index (χ1v) is 9.68. The molecule has 5 nitrogen and oxygen atoms in total. The minimum absolute atomic E-state index is 0.261. The van der Waals surface area contributed by atoms with Crippen LogP contribution in [0.1, 0.15) is 16.8 Å². The number of pyridine rings is 1. The Labute approximate surface area is 182 Å². The molecule has 32 heavy (non-hydrogen) atoms. The number of rotatable bonds is 6. The predicted octanol–water partition coefficient (Wildman–Crippen LogP) is 4.92. The number of alkyl halides is 3.